The van der Waals surface area contributed by atoms with E-state index in [4.69, 9.17) is 4.42 Å². The first-order valence-corrected chi connectivity index (χ1v) is 7.75. The summed E-state index contributed by atoms with van der Waals surface area (Å²) < 4.78 is 6.94. The third-order valence-electron chi connectivity index (χ3n) is 3.88. The van der Waals surface area contributed by atoms with Crippen LogP contribution in [0.1, 0.15) is 42.8 Å². The second kappa shape index (κ2) is 5.98. The molecule has 0 spiro atoms. The van der Waals surface area contributed by atoms with Gasteiger partial charge in [0.2, 0.25) is 5.91 Å². The van der Waals surface area contributed by atoms with E-state index in [9.17, 15) is 9.59 Å². The number of rotatable bonds is 3. The Labute approximate surface area is 133 Å². The first-order chi connectivity index (χ1) is 10.9. The van der Waals surface area contributed by atoms with E-state index in [0.29, 0.717) is 31.1 Å². The molecule has 1 aliphatic heterocycles. The van der Waals surface area contributed by atoms with Crippen molar-refractivity contribution in [2.75, 3.05) is 6.54 Å². The lowest BCUT2D eigenvalue weighted by molar-refractivity contribution is -0.133. The van der Waals surface area contributed by atoms with Gasteiger partial charge in [0.15, 0.2) is 5.89 Å². The van der Waals surface area contributed by atoms with Crippen molar-refractivity contribution in [3.05, 3.63) is 45.5 Å². The smallest absolute Gasteiger partial charge is 0.267 e. The average molecular weight is 316 g/mol. The number of hydrogen-bond acceptors (Lipinski definition) is 5. The van der Waals surface area contributed by atoms with Crippen molar-refractivity contribution in [2.24, 2.45) is 0 Å². The van der Waals surface area contributed by atoms with Crippen molar-refractivity contribution in [3.63, 3.8) is 0 Å². The molecule has 23 heavy (non-hydrogen) atoms. The molecule has 2 aromatic rings. The maximum atomic E-state index is 12.4. The summed E-state index contributed by atoms with van der Waals surface area (Å²) in [5.41, 5.74) is 1.25. The third kappa shape index (κ3) is 3.18. The Balaban J connectivity index is 1.74. The van der Waals surface area contributed by atoms with Crippen LogP contribution in [0.2, 0.25) is 0 Å². The molecule has 1 amide bonds. The highest BCUT2D eigenvalue weighted by Crippen LogP contribution is 2.23. The molecule has 0 bridgehead atoms. The van der Waals surface area contributed by atoms with Crippen molar-refractivity contribution in [2.45, 2.75) is 46.2 Å². The zero-order valence-corrected chi connectivity index (χ0v) is 13.6. The van der Waals surface area contributed by atoms with Gasteiger partial charge in [-0.2, -0.15) is 5.10 Å². The summed E-state index contributed by atoms with van der Waals surface area (Å²) in [7, 11) is 0. The second-order valence-electron chi connectivity index (χ2n) is 6.11. The Morgan fingerprint density at radius 3 is 2.91 bits per heavy atom. The van der Waals surface area contributed by atoms with Gasteiger partial charge in [-0.3, -0.25) is 9.59 Å². The fourth-order valence-corrected chi connectivity index (χ4v) is 2.57. The van der Waals surface area contributed by atoms with E-state index in [1.165, 1.54) is 10.7 Å². The van der Waals surface area contributed by atoms with E-state index < -0.39 is 0 Å². The summed E-state index contributed by atoms with van der Waals surface area (Å²) in [4.78, 5) is 30.4. The van der Waals surface area contributed by atoms with Gasteiger partial charge >= 0.3 is 0 Å². The first-order valence-electron chi connectivity index (χ1n) is 7.75. The quantitative estimate of drug-likeness (QED) is 0.851. The molecule has 2 aromatic heterocycles. The molecular weight excluding hydrogens is 296 g/mol. The minimum absolute atomic E-state index is 0.0509. The normalized spacial score (nSPS) is 14.2. The molecule has 3 heterocycles. The van der Waals surface area contributed by atoms with Gasteiger partial charge in [0.1, 0.15) is 18.0 Å². The van der Waals surface area contributed by atoms with E-state index in [0.717, 1.165) is 11.5 Å². The van der Waals surface area contributed by atoms with E-state index in [-0.39, 0.29) is 23.9 Å². The summed E-state index contributed by atoms with van der Waals surface area (Å²) in [6, 6.07) is 3.07. The lowest BCUT2D eigenvalue weighted by Crippen LogP contribution is -2.40. The number of aryl methyl sites for hydroxylation is 1. The minimum atomic E-state index is -0.273. The summed E-state index contributed by atoms with van der Waals surface area (Å²) in [5, 5.41) is 4.10. The van der Waals surface area contributed by atoms with Gasteiger partial charge in [-0.1, -0.05) is 13.8 Å². The number of fused-ring (bicyclic) bond motifs is 1. The number of carbonyl (C=O) groups excluding carboxylic acids is 1. The Hall–Kier alpha value is -2.44. The molecule has 0 fully saturated rings. The molecule has 0 aliphatic carbocycles. The van der Waals surface area contributed by atoms with Gasteiger partial charge < -0.3 is 9.32 Å². The lowest BCUT2D eigenvalue weighted by Gasteiger charge is -2.25. The Kier molecular flexibility index (Phi) is 4.02. The minimum Gasteiger partial charge on any atom is -0.445 e. The summed E-state index contributed by atoms with van der Waals surface area (Å²) >= 11 is 0. The van der Waals surface area contributed by atoms with Crippen LogP contribution in [0.25, 0.3) is 0 Å². The van der Waals surface area contributed by atoms with Gasteiger partial charge in [0.05, 0.1) is 12.2 Å². The van der Waals surface area contributed by atoms with E-state index in [1.807, 2.05) is 13.8 Å². The van der Waals surface area contributed by atoms with Crippen LogP contribution in [0.15, 0.2) is 21.3 Å². The van der Waals surface area contributed by atoms with Crippen LogP contribution in [-0.2, 0) is 24.3 Å². The molecule has 0 N–H and O–H groups in total. The van der Waals surface area contributed by atoms with Gasteiger partial charge in [0, 0.05) is 24.9 Å². The van der Waals surface area contributed by atoms with Gasteiger partial charge in [-0.15, -0.1) is 0 Å². The maximum Gasteiger partial charge on any atom is 0.267 e. The molecule has 0 saturated carbocycles. The molecule has 0 atom stereocenters. The molecule has 3 rings (SSSR count). The van der Waals surface area contributed by atoms with Gasteiger partial charge in [-0.05, 0) is 13.0 Å². The number of hydrogen-bond donors (Lipinski definition) is 0. The fourth-order valence-electron chi connectivity index (χ4n) is 2.57. The molecule has 122 valence electrons. The lowest BCUT2D eigenvalue weighted by atomic mass is 10.1. The summed E-state index contributed by atoms with van der Waals surface area (Å²) in [5.74, 6) is 1.66. The van der Waals surface area contributed by atoms with Crippen LogP contribution in [0.5, 0.6) is 0 Å². The highest BCUT2D eigenvalue weighted by Gasteiger charge is 2.26. The first kappa shape index (κ1) is 15.5. The average Bonchev–Trinajstić information content (AvgIpc) is 2.94. The molecular formula is C16H20N4O3. The maximum absolute atomic E-state index is 12.4. The molecule has 7 heteroatoms. The standard InChI is InChI=1S/C16H20N4O3/c1-10(2)16-17-12-8-19(7-6-13(12)23-16)15(22)9-20-14(21)5-4-11(3)18-20/h4-5,10H,6-9H2,1-3H3. The number of amides is 1. The molecule has 0 aromatic carbocycles. The third-order valence-corrected chi connectivity index (χ3v) is 3.88. The van der Waals surface area contributed by atoms with Gasteiger partial charge in [0.25, 0.3) is 5.56 Å². The molecule has 0 saturated heterocycles. The Morgan fingerprint density at radius 1 is 1.39 bits per heavy atom. The Morgan fingerprint density at radius 2 is 2.17 bits per heavy atom. The van der Waals surface area contributed by atoms with Crippen LogP contribution < -0.4 is 5.56 Å². The molecule has 7 nitrogen and oxygen atoms in total. The zero-order valence-electron chi connectivity index (χ0n) is 13.6. The van der Waals surface area contributed by atoms with E-state index in [1.54, 1.807) is 17.9 Å². The summed E-state index contributed by atoms with van der Waals surface area (Å²) in [6.45, 7) is 6.78. The molecule has 0 radical (unpaired) electrons. The zero-order chi connectivity index (χ0) is 16.6. The van der Waals surface area contributed by atoms with E-state index >= 15 is 0 Å². The van der Waals surface area contributed by atoms with Crippen LogP contribution in [0.4, 0.5) is 0 Å². The highest BCUT2D eigenvalue weighted by molar-refractivity contribution is 5.76. The van der Waals surface area contributed by atoms with Crippen molar-refractivity contribution >= 4 is 5.91 Å². The number of aromatic nitrogens is 3. The van der Waals surface area contributed by atoms with Crippen LogP contribution >= 0.6 is 0 Å². The second-order valence-corrected chi connectivity index (χ2v) is 6.11. The predicted octanol–water partition coefficient (Wildman–Crippen LogP) is 1.25. The van der Waals surface area contributed by atoms with Gasteiger partial charge in [-0.25, -0.2) is 9.67 Å². The fraction of sp³-hybridized carbons (Fsp3) is 0.500. The van der Waals surface area contributed by atoms with Crippen molar-refractivity contribution in [3.8, 4) is 0 Å². The van der Waals surface area contributed by atoms with Crippen LogP contribution in [-0.4, -0.2) is 32.1 Å². The van der Waals surface area contributed by atoms with Crippen LogP contribution in [0, 0.1) is 6.92 Å². The largest absolute Gasteiger partial charge is 0.445 e. The monoisotopic (exact) mass is 316 g/mol. The van der Waals surface area contributed by atoms with Crippen molar-refractivity contribution < 1.29 is 9.21 Å². The topological polar surface area (TPSA) is 81.2 Å². The molecule has 0 unspecified atom stereocenters. The predicted molar refractivity (Wildman–Crippen MR) is 82.9 cm³/mol. The SMILES string of the molecule is Cc1ccc(=O)n(CC(=O)N2CCc3oc(C(C)C)nc3C2)n1. The highest BCUT2D eigenvalue weighted by atomic mass is 16.4. The van der Waals surface area contributed by atoms with Crippen molar-refractivity contribution in [1.29, 1.82) is 0 Å². The molecule has 1 aliphatic rings. The van der Waals surface area contributed by atoms with E-state index in [2.05, 4.69) is 10.1 Å². The van der Waals surface area contributed by atoms with Crippen LogP contribution in [0.3, 0.4) is 0 Å². The Bertz CT molecular complexity index is 791. The number of nitrogens with zero attached hydrogens (tertiary/aromatic N) is 4. The summed E-state index contributed by atoms with van der Waals surface area (Å²) in [6.07, 6.45) is 0.650. The number of oxazole rings is 1. The van der Waals surface area contributed by atoms with Crippen molar-refractivity contribution in [1.82, 2.24) is 19.7 Å². The number of carbonyl (C=O) groups is 1.